The molecule has 0 amide bonds. The van der Waals surface area contributed by atoms with E-state index in [4.69, 9.17) is 0 Å². The van der Waals surface area contributed by atoms with Gasteiger partial charge in [0.2, 0.25) is 10.0 Å². The van der Waals surface area contributed by atoms with E-state index in [2.05, 4.69) is 0 Å². The standard InChI is InChI=1S/C10H12FNO3S/c11-8-2-1-3-10(6-8)16(14,15)12-5-4-9(13)7-12/h1-3,6,9,13H,4-5,7H2. The van der Waals surface area contributed by atoms with Crippen LogP contribution in [-0.2, 0) is 10.0 Å². The summed E-state index contributed by atoms with van der Waals surface area (Å²) in [6.07, 6.45) is -0.197. The average molecular weight is 245 g/mol. The first kappa shape index (κ1) is 11.5. The fourth-order valence-electron chi connectivity index (χ4n) is 1.71. The van der Waals surface area contributed by atoms with Crippen molar-refractivity contribution in [2.75, 3.05) is 13.1 Å². The molecule has 0 saturated carbocycles. The number of hydrogen-bond acceptors (Lipinski definition) is 3. The summed E-state index contributed by atoms with van der Waals surface area (Å²) in [5.41, 5.74) is 0. The van der Waals surface area contributed by atoms with Gasteiger partial charge < -0.3 is 5.11 Å². The molecule has 1 heterocycles. The van der Waals surface area contributed by atoms with E-state index in [1.54, 1.807) is 0 Å². The molecule has 6 heteroatoms. The molecule has 4 nitrogen and oxygen atoms in total. The topological polar surface area (TPSA) is 57.6 Å². The summed E-state index contributed by atoms with van der Waals surface area (Å²) in [5, 5.41) is 9.28. The maximum Gasteiger partial charge on any atom is 0.243 e. The first-order valence-corrected chi connectivity index (χ1v) is 6.38. The van der Waals surface area contributed by atoms with Crippen LogP contribution in [0.25, 0.3) is 0 Å². The summed E-state index contributed by atoms with van der Waals surface area (Å²) in [5.74, 6) is -0.583. The second-order valence-corrected chi connectivity index (χ2v) is 5.70. The SMILES string of the molecule is O=S(=O)(c1cccc(F)c1)N1CCC(O)C1. The maximum atomic E-state index is 12.9. The van der Waals surface area contributed by atoms with Gasteiger partial charge in [0.05, 0.1) is 11.0 Å². The Morgan fingerprint density at radius 2 is 2.19 bits per heavy atom. The molecule has 1 fully saturated rings. The predicted molar refractivity (Wildman–Crippen MR) is 55.8 cm³/mol. The van der Waals surface area contributed by atoms with Gasteiger partial charge in [-0.25, -0.2) is 12.8 Å². The van der Waals surface area contributed by atoms with Gasteiger partial charge in [-0.15, -0.1) is 0 Å². The molecule has 1 unspecified atom stereocenters. The molecule has 1 saturated heterocycles. The maximum absolute atomic E-state index is 12.9. The fraction of sp³-hybridized carbons (Fsp3) is 0.400. The molecule has 1 aromatic carbocycles. The molecular weight excluding hydrogens is 233 g/mol. The third kappa shape index (κ3) is 2.09. The minimum atomic E-state index is -3.66. The number of halogens is 1. The quantitative estimate of drug-likeness (QED) is 0.829. The number of aliphatic hydroxyl groups excluding tert-OH is 1. The lowest BCUT2D eigenvalue weighted by Crippen LogP contribution is -2.29. The number of rotatable bonds is 2. The molecule has 88 valence electrons. The molecule has 0 aromatic heterocycles. The van der Waals surface area contributed by atoms with Crippen LogP contribution >= 0.6 is 0 Å². The average Bonchev–Trinajstić information content (AvgIpc) is 2.65. The van der Waals surface area contributed by atoms with Crippen molar-refractivity contribution in [1.82, 2.24) is 4.31 Å². The second-order valence-electron chi connectivity index (χ2n) is 3.76. The van der Waals surface area contributed by atoms with Gasteiger partial charge in [-0.2, -0.15) is 4.31 Å². The van der Waals surface area contributed by atoms with Gasteiger partial charge in [0, 0.05) is 13.1 Å². The molecule has 0 aliphatic carbocycles. The number of sulfonamides is 1. The van der Waals surface area contributed by atoms with Gasteiger partial charge in [-0.1, -0.05) is 6.07 Å². The van der Waals surface area contributed by atoms with E-state index in [1.165, 1.54) is 22.5 Å². The molecule has 0 bridgehead atoms. The van der Waals surface area contributed by atoms with Crippen LogP contribution in [-0.4, -0.2) is 37.0 Å². The lowest BCUT2D eigenvalue weighted by atomic mass is 10.3. The minimum absolute atomic E-state index is 0.0680. The monoisotopic (exact) mass is 245 g/mol. The van der Waals surface area contributed by atoms with Crippen molar-refractivity contribution in [1.29, 1.82) is 0 Å². The molecule has 1 aliphatic heterocycles. The Morgan fingerprint density at radius 1 is 1.44 bits per heavy atom. The highest BCUT2D eigenvalue weighted by Crippen LogP contribution is 2.21. The molecule has 2 rings (SSSR count). The Balaban J connectivity index is 2.32. The van der Waals surface area contributed by atoms with Crippen LogP contribution in [0.5, 0.6) is 0 Å². The lowest BCUT2D eigenvalue weighted by Gasteiger charge is -2.15. The van der Waals surface area contributed by atoms with E-state index in [0.29, 0.717) is 6.42 Å². The second kappa shape index (κ2) is 4.12. The van der Waals surface area contributed by atoms with Crippen LogP contribution in [0.2, 0.25) is 0 Å². The van der Waals surface area contributed by atoms with Crippen LogP contribution in [0.1, 0.15) is 6.42 Å². The van der Waals surface area contributed by atoms with Crippen LogP contribution in [0.15, 0.2) is 29.2 Å². The first-order valence-electron chi connectivity index (χ1n) is 4.94. The zero-order valence-electron chi connectivity index (χ0n) is 8.51. The molecular formula is C10H12FNO3S. The summed E-state index contributed by atoms with van der Waals surface area (Å²) in [6.45, 7) is 0.360. The van der Waals surface area contributed by atoms with E-state index in [-0.39, 0.29) is 18.0 Å². The van der Waals surface area contributed by atoms with Crippen LogP contribution in [0, 0.1) is 5.82 Å². The first-order chi connectivity index (χ1) is 7.50. The third-order valence-electron chi connectivity index (χ3n) is 2.56. The van der Waals surface area contributed by atoms with E-state index in [0.717, 1.165) is 6.07 Å². The zero-order chi connectivity index (χ0) is 11.8. The Labute approximate surface area is 93.4 Å². The summed E-state index contributed by atoms with van der Waals surface area (Å²) in [7, 11) is -3.66. The Hall–Kier alpha value is -0.980. The van der Waals surface area contributed by atoms with Crippen molar-refractivity contribution >= 4 is 10.0 Å². The summed E-state index contributed by atoms with van der Waals surface area (Å²) in [6, 6.07) is 4.88. The predicted octanol–water partition coefficient (Wildman–Crippen LogP) is 0.581. The highest BCUT2D eigenvalue weighted by atomic mass is 32.2. The Bertz CT molecular complexity index is 489. The van der Waals surface area contributed by atoms with Crippen LogP contribution in [0.3, 0.4) is 0 Å². The van der Waals surface area contributed by atoms with Crippen LogP contribution < -0.4 is 0 Å². The number of nitrogens with zero attached hydrogens (tertiary/aromatic N) is 1. The summed E-state index contributed by atoms with van der Waals surface area (Å²) < 4.78 is 38.1. The summed E-state index contributed by atoms with van der Waals surface area (Å²) in [4.78, 5) is -0.0680. The summed E-state index contributed by atoms with van der Waals surface area (Å²) >= 11 is 0. The third-order valence-corrected chi connectivity index (χ3v) is 4.42. The molecule has 1 atom stereocenters. The lowest BCUT2D eigenvalue weighted by molar-refractivity contribution is 0.189. The highest BCUT2D eigenvalue weighted by Gasteiger charge is 2.31. The van der Waals surface area contributed by atoms with Gasteiger partial charge in [-0.05, 0) is 24.6 Å². The Morgan fingerprint density at radius 3 is 2.75 bits per heavy atom. The van der Waals surface area contributed by atoms with Crippen molar-refractivity contribution in [3.05, 3.63) is 30.1 Å². The molecule has 1 aromatic rings. The molecule has 1 aliphatic rings. The number of benzene rings is 1. The molecule has 1 N–H and O–H groups in total. The molecule has 0 spiro atoms. The smallest absolute Gasteiger partial charge is 0.243 e. The van der Waals surface area contributed by atoms with Gasteiger partial charge in [0.1, 0.15) is 5.82 Å². The number of hydrogen-bond donors (Lipinski definition) is 1. The van der Waals surface area contributed by atoms with E-state index in [1.807, 2.05) is 0 Å². The normalized spacial score (nSPS) is 22.5. The van der Waals surface area contributed by atoms with Crippen molar-refractivity contribution in [3.63, 3.8) is 0 Å². The molecule has 0 radical (unpaired) electrons. The van der Waals surface area contributed by atoms with E-state index >= 15 is 0 Å². The van der Waals surface area contributed by atoms with Crippen molar-refractivity contribution in [3.8, 4) is 0 Å². The van der Waals surface area contributed by atoms with Gasteiger partial charge in [-0.3, -0.25) is 0 Å². The number of β-amino-alcohol motifs (C(OH)–C–C–N with tert-alkyl or cyclic N) is 1. The van der Waals surface area contributed by atoms with Gasteiger partial charge >= 0.3 is 0 Å². The fourth-order valence-corrected chi connectivity index (χ4v) is 3.23. The zero-order valence-corrected chi connectivity index (χ0v) is 9.32. The molecule has 16 heavy (non-hydrogen) atoms. The van der Waals surface area contributed by atoms with Crippen molar-refractivity contribution in [2.24, 2.45) is 0 Å². The number of aliphatic hydroxyl groups is 1. The van der Waals surface area contributed by atoms with E-state index < -0.39 is 21.9 Å². The van der Waals surface area contributed by atoms with Gasteiger partial charge in [0.25, 0.3) is 0 Å². The van der Waals surface area contributed by atoms with Crippen molar-refractivity contribution < 1.29 is 17.9 Å². The van der Waals surface area contributed by atoms with Gasteiger partial charge in [0.15, 0.2) is 0 Å². The largest absolute Gasteiger partial charge is 0.392 e. The van der Waals surface area contributed by atoms with E-state index in [9.17, 15) is 17.9 Å². The van der Waals surface area contributed by atoms with Crippen molar-refractivity contribution in [2.45, 2.75) is 17.4 Å². The van der Waals surface area contributed by atoms with Crippen LogP contribution in [0.4, 0.5) is 4.39 Å². The minimum Gasteiger partial charge on any atom is -0.392 e. The highest BCUT2D eigenvalue weighted by molar-refractivity contribution is 7.89. The Kier molecular flexibility index (Phi) is 2.96.